The summed E-state index contributed by atoms with van der Waals surface area (Å²) in [4.78, 5) is 9.98. The fraction of sp³-hybridized carbons (Fsp3) is 0.600. The van der Waals surface area contributed by atoms with E-state index in [1.54, 1.807) is 0 Å². The molecule has 1 aromatic carbocycles. The van der Waals surface area contributed by atoms with E-state index in [0.717, 1.165) is 18.9 Å². The number of unbranched alkanes of at least 4 members (excludes halogenated alkanes) is 6. The molecule has 0 saturated carbocycles. The lowest BCUT2D eigenvalue weighted by Gasteiger charge is -2.07. The Kier molecular flexibility index (Phi) is 7.47. The Morgan fingerprint density at radius 3 is 2.40 bits per heavy atom. The van der Waals surface area contributed by atoms with Gasteiger partial charge in [-0.15, -0.1) is 0 Å². The van der Waals surface area contributed by atoms with E-state index in [-0.39, 0.29) is 11.4 Å². The van der Waals surface area contributed by atoms with Gasteiger partial charge in [0.05, 0.1) is 17.6 Å². The van der Waals surface area contributed by atoms with Gasteiger partial charge in [-0.25, -0.2) is 0 Å². The van der Waals surface area contributed by atoms with Crippen LogP contribution < -0.4 is 4.74 Å². The molecule has 0 aliphatic carbocycles. The fourth-order valence-electron chi connectivity index (χ4n) is 1.98. The molecule has 20 heavy (non-hydrogen) atoms. The molecule has 0 bridgehead atoms. The van der Waals surface area contributed by atoms with Crippen LogP contribution in [0.4, 0.5) is 5.69 Å². The molecule has 5 nitrogen and oxygen atoms in total. The standard InChI is InChI=1S/C15H23NO4/c1-2-3-4-5-6-7-8-11-20-15-10-9-13(16(18)19)12-14(15)17/h9-10,12,17H,2-8,11H2,1H3. The highest BCUT2D eigenvalue weighted by atomic mass is 16.6. The van der Waals surface area contributed by atoms with E-state index in [2.05, 4.69) is 6.92 Å². The third-order valence-corrected chi connectivity index (χ3v) is 3.16. The molecule has 0 aromatic heterocycles. The molecule has 0 aliphatic heterocycles. The van der Waals surface area contributed by atoms with Crippen LogP contribution in [0, 0.1) is 10.1 Å². The third-order valence-electron chi connectivity index (χ3n) is 3.16. The molecule has 0 heterocycles. The lowest BCUT2D eigenvalue weighted by Crippen LogP contribution is -1.98. The fourth-order valence-corrected chi connectivity index (χ4v) is 1.98. The molecule has 0 unspecified atom stereocenters. The molecular weight excluding hydrogens is 258 g/mol. The van der Waals surface area contributed by atoms with Gasteiger partial charge in [0.25, 0.3) is 5.69 Å². The van der Waals surface area contributed by atoms with Crippen molar-refractivity contribution < 1.29 is 14.8 Å². The highest BCUT2D eigenvalue weighted by molar-refractivity contribution is 5.47. The number of hydrogen-bond donors (Lipinski definition) is 1. The van der Waals surface area contributed by atoms with Crippen molar-refractivity contribution in [1.82, 2.24) is 0 Å². The second-order valence-electron chi connectivity index (χ2n) is 4.88. The monoisotopic (exact) mass is 281 g/mol. The van der Waals surface area contributed by atoms with Crippen LogP contribution in [0.2, 0.25) is 0 Å². The van der Waals surface area contributed by atoms with Crippen LogP contribution in [-0.4, -0.2) is 16.6 Å². The molecule has 0 atom stereocenters. The molecular formula is C15H23NO4. The predicted molar refractivity (Wildman–Crippen MR) is 78.2 cm³/mol. The summed E-state index contributed by atoms with van der Waals surface area (Å²) in [5.41, 5.74) is -0.134. The smallest absolute Gasteiger partial charge is 0.273 e. The number of aromatic hydroxyl groups is 1. The third kappa shape index (κ3) is 5.91. The number of nitrogens with zero attached hydrogens (tertiary/aromatic N) is 1. The summed E-state index contributed by atoms with van der Waals surface area (Å²) in [6.45, 7) is 2.73. The van der Waals surface area contributed by atoms with Crippen LogP contribution in [0.15, 0.2) is 18.2 Å². The highest BCUT2D eigenvalue weighted by Gasteiger charge is 2.10. The number of phenols is 1. The lowest BCUT2D eigenvalue weighted by molar-refractivity contribution is -0.385. The molecule has 5 heteroatoms. The van der Waals surface area contributed by atoms with Crippen LogP contribution in [0.3, 0.4) is 0 Å². The molecule has 0 saturated heterocycles. The number of hydrogen-bond acceptors (Lipinski definition) is 4. The number of nitro benzene ring substituents is 1. The molecule has 0 aliphatic rings. The van der Waals surface area contributed by atoms with Crippen molar-refractivity contribution >= 4 is 5.69 Å². The summed E-state index contributed by atoms with van der Waals surface area (Å²) in [7, 11) is 0. The number of nitro groups is 1. The van der Waals surface area contributed by atoms with E-state index < -0.39 is 4.92 Å². The number of non-ortho nitro benzene ring substituents is 1. The van der Waals surface area contributed by atoms with E-state index in [0.29, 0.717) is 12.4 Å². The zero-order valence-corrected chi connectivity index (χ0v) is 12.0. The van der Waals surface area contributed by atoms with Gasteiger partial charge < -0.3 is 9.84 Å². The van der Waals surface area contributed by atoms with Crippen molar-refractivity contribution in [2.45, 2.75) is 51.9 Å². The van der Waals surface area contributed by atoms with Gasteiger partial charge in [-0.1, -0.05) is 45.4 Å². The van der Waals surface area contributed by atoms with Gasteiger partial charge in [-0.2, -0.15) is 0 Å². The molecule has 112 valence electrons. The average molecular weight is 281 g/mol. The van der Waals surface area contributed by atoms with Crippen LogP contribution in [0.5, 0.6) is 11.5 Å². The van der Waals surface area contributed by atoms with Crippen LogP contribution in [-0.2, 0) is 0 Å². The maximum absolute atomic E-state index is 10.5. The minimum absolute atomic E-state index is 0.134. The summed E-state index contributed by atoms with van der Waals surface area (Å²) in [5, 5.41) is 20.1. The first-order valence-electron chi connectivity index (χ1n) is 7.25. The van der Waals surface area contributed by atoms with Crippen LogP contribution in [0.1, 0.15) is 51.9 Å². The second kappa shape index (κ2) is 9.18. The molecule has 1 aromatic rings. The molecule has 0 amide bonds. The van der Waals surface area contributed by atoms with E-state index in [9.17, 15) is 15.2 Å². The maximum atomic E-state index is 10.5. The van der Waals surface area contributed by atoms with Gasteiger partial charge in [0.1, 0.15) is 0 Å². The first-order valence-corrected chi connectivity index (χ1v) is 7.25. The average Bonchev–Trinajstić information content (AvgIpc) is 2.43. The Hall–Kier alpha value is -1.78. The zero-order valence-electron chi connectivity index (χ0n) is 12.0. The maximum Gasteiger partial charge on any atom is 0.273 e. The minimum Gasteiger partial charge on any atom is -0.504 e. The molecule has 1 rings (SSSR count). The van der Waals surface area contributed by atoms with Crippen LogP contribution in [0.25, 0.3) is 0 Å². The summed E-state index contributed by atoms with van der Waals surface area (Å²) in [5.74, 6) is 0.128. The number of rotatable bonds is 10. The van der Waals surface area contributed by atoms with E-state index in [1.165, 1.54) is 44.2 Å². The second-order valence-corrected chi connectivity index (χ2v) is 4.88. The number of benzene rings is 1. The first kappa shape index (κ1) is 16.3. The largest absolute Gasteiger partial charge is 0.504 e. The number of ether oxygens (including phenoxy) is 1. The lowest BCUT2D eigenvalue weighted by atomic mass is 10.1. The summed E-state index contributed by atoms with van der Waals surface area (Å²) >= 11 is 0. The quantitative estimate of drug-likeness (QED) is 0.391. The topological polar surface area (TPSA) is 72.6 Å². The Morgan fingerprint density at radius 1 is 1.15 bits per heavy atom. The molecule has 0 radical (unpaired) electrons. The Bertz CT molecular complexity index is 420. The van der Waals surface area contributed by atoms with Crippen LogP contribution >= 0.6 is 0 Å². The van der Waals surface area contributed by atoms with E-state index in [1.807, 2.05) is 0 Å². The molecule has 1 N–H and O–H groups in total. The van der Waals surface area contributed by atoms with Gasteiger partial charge in [0.15, 0.2) is 11.5 Å². The van der Waals surface area contributed by atoms with E-state index in [4.69, 9.17) is 4.74 Å². The first-order chi connectivity index (χ1) is 9.65. The van der Waals surface area contributed by atoms with Crippen molar-refractivity contribution in [2.24, 2.45) is 0 Å². The van der Waals surface area contributed by atoms with Crippen molar-refractivity contribution in [3.63, 3.8) is 0 Å². The van der Waals surface area contributed by atoms with Gasteiger partial charge in [-0.05, 0) is 12.5 Å². The van der Waals surface area contributed by atoms with E-state index >= 15 is 0 Å². The van der Waals surface area contributed by atoms with Gasteiger partial charge in [0, 0.05) is 6.07 Å². The highest BCUT2D eigenvalue weighted by Crippen LogP contribution is 2.30. The Balaban J connectivity index is 2.20. The zero-order chi connectivity index (χ0) is 14.8. The Morgan fingerprint density at radius 2 is 1.80 bits per heavy atom. The summed E-state index contributed by atoms with van der Waals surface area (Å²) < 4.78 is 5.43. The van der Waals surface area contributed by atoms with Gasteiger partial charge in [0.2, 0.25) is 0 Å². The van der Waals surface area contributed by atoms with Gasteiger partial charge in [-0.3, -0.25) is 10.1 Å². The predicted octanol–water partition coefficient (Wildman–Crippen LogP) is 4.43. The Labute approximate surface area is 119 Å². The normalized spacial score (nSPS) is 10.4. The van der Waals surface area contributed by atoms with Gasteiger partial charge >= 0.3 is 0 Å². The molecule has 0 spiro atoms. The van der Waals surface area contributed by atoms with Crippen molar-refractivity contribution in [3.05, 3.63) is 28.3 Å². The molecule has 0 fully saturated rings. The number of phenolic OH excluding ortho intramolecular Hbond substituents is 1. The minimum atomic E-state index is -0.542. The SMILES string of the molecule is CCCCCCCCCOc1ccc([N+](=O)[O-])cc1O. The summed E-state index contributed by atoms with van der Waals surface area (Å²) in [6, 6.07) is 3.88. The van der Waals surface area contributed by atoms with Crippen molar-refractivity contribution in [1.29, 1.82) is 0 Å². The summed E-state index contributed by atoms with van der Waals surface area (Å²) in [6.07, 6.45) is 8.35. The van der Waals surface area contributed by atoms with Crippen molar-refractivity contribution in [2.75, 3.05) is 6.61 Å². The van der Waals surface area contributed by atoms with Crippen molar-refractivity contribution in [3.8, 4) is 11.5 Å².